The number of alkyl halides is 1. The van der Waals surface area contributed by atoms with Gasteiger partial charge in [0.2, 0.25) is 0 Å². The summed E-state index contributed by atoms with van der Waals surface area (Å²) in [6.45, 7) is 0.936. The minimum absolute atomic E-state index is 0.375. The molecular formula is C10H13BrO2. The number of rotatable bonds is 5. The molecule has 0 aliphatic carbocycles. The van der Waals surface area contributed by atoms with Crippen LogP contribution < -0.4 is 0 Å². The van der Waals surface area contributed by atoms with Crippen molar-refractivity contribution in [3.05, 3.63) is 35.9 Å². The molecule has 0 aliphatic heterocycles. The second-order valence-corrected chi connectivity index (χ2v) is 3.46. The van der Waals surface area contributed by atoms with Gasteiger partial charge in [0.15, 0.2) is 0 Å². The van der Waals surface area contributed by atoms with Crippen molar-refractivity contribution in [2.75, 3.05) is 11.9 Å². The summed E-state index contributed by atoms with van der Waals surface area (Å²) in [5.41, 5.74) is 1.13. The van der Waals surface area contributed by atoms with E-state index in [0.29, 0.717) is 18.5 Å². The van der Waals surface area contributed by atoms with Crippen LogP contribution in [0, 0.1) is 0 Å². The highest BCUT2D eigenvalue weighted by Gasteiger charge is 2.00. The molecule has 0 bridgehead atoms. The molecule has 0 spiro atoms. The third kappa shape index (κ3) is 4.41. The van der Waals surface area contributed by atoms with Crippen molar-refractivity contribution in [3.8, 4) is 0 Å². The average Bonchev–Trinajstić information content (AvgIpc) is 2.19. The molecule has 2 nitrogen and oxygen atoms in total. The van der Waals surface area contributed by atoms with Gasteiger partial charge in [0.05, 0.1) is 19.3 Å². The first-order valence-corrected chi connectivity index (χ1v) is 5.31. The molecule has 1 atom stereocenters. The van der Waals surface area contributed by atoms with Crippen molar-refractivity contribution in [1.29, 1.82) is 0 Å². The normalized spacial score (nSPS) is 12.8. The Balaban J connectivity index is 2.20. The molecule has 0 aliphatic rings. The van der Waals surface area contributed by atoms with Gasteiger partial charge in [0.1, 0.15) is 0 Å². The Morgan fingerprint density at radius 2 is 2.00 bits per heavy atom. The summed E-state index contributed by atoms with van der Waals surface area (Å²) in [5.74, 6) is 0. The van der Waals surface area contributed by atoms with E-state index in [9.17, 15) is 0 Å². The van der Waals surface area contributed by atoms with Gasteiger partial charge >= 0.3 is 0 Å². The van der Waals surface area contributed by atoms with E-state index in [2.05, 4.69) is 15.9 Å². The molecule has 1 aromatic rings. The number of hydrogen-bond acceptors (Lipinski definition) is 2. The molecule has 0 radical (unpaired) electrons. The maximum Gasteiger partial charge on any atom is 0.0870 e. The summed E-state index contributed by atoms with van der Waals surface area (Å²) < 4.78 is 5.29. The molecule has 3 heteroatoms. The molecule has 0 amide bonds. The van der Waals surface area contributed by atoms with Gasteiger partial charge in [-0.3, -0.25) is 0 Å². The Morgan fingerprint density at radius 1 is 1.31 bits per heavy atom. The Labute approximate surface area is 86.7 Å². The van der Waals surface area contributed by atoms with Gasteiger partial charge in [-0.1, -0.05) is 46.3 Å². The lowest BCUT2D eigenvalue weighted by atomic mass is 10.2. The predicted molar refractivity (Wildman–Crippen MR) is 55.9 cm³/mol. The first kappa shape index (κ1) is 10.7. The second-order valence-electron chi connectivity index (χ2n) is 2.81. The molecule has 1 N–H and O–H groups in total. The van der Waals surface area contributed by atoms with Crippen LogP contribution in [0.2, 0.25) is 0 Å². The molecule has 0 heterocycles. The van der Waals surface area contributed by atoms with E-state index < -0.39 is 6.10 Å². The van der Waals surface area contributed by atoms with Crippen LogP contribution in [0.5, 0.6) is 0 Å². The van der Waals surface area contributed by atoms with Gasteiger partial charge in [-0.05, 0) is 5.56 Å². The van der Waals surface area contributed by atoms with Crippen LogP contribution in [-0.4, -0.2) is 23.1 Å². The summed E-state index contributed by atoms with van der Waals surface area (Å²) in [7, 11) is 0. The van der Waals surface area contributed by atoms with E-state index in [4.69, 9.17) is 9.84 Å². The van der Waals surface area contributed by atoms with E-state index in [0.717, 1.165) is 5.56 Å². The molecule has 1 rings (SSSR count). The number of ether oxygens (including phenoxy) is 1. The van der Waals surface area contributed by atoms with E-state index in [1.54, 1.807) is 0 Å². The van der Waals surface area contributed by atoms with Crippen LogP contribution in [-0.2, 0) is 11.3 Å². The lowest BCUT2D eigenvalue weighted by Crippen LogP contribution is -2.16. The SMILES string of the molecule is O[C@@H](CBr)COCc1ccccc1. The van der Waals surface area contributed by atoms with Crippen LogP contribution in [0.25, 0.3) is 0 Å². The standard InChI is InChI=1S/C10H13BrO2/c11-6-10(12)8-13-7-9-4-2-1-3-5-9/h1-5,10,12H,6-8H2/t10-/m0/s1. The summed E-state index contributed by atoms with van der Waals surface area (Å²) in [6, 6.07) is 9.91. The first-order chi connectivity index (χ1) is 6.33. The molecule has 0 saturated heterocycles. The van der Waals surface area contributed by atoms with Gasteiger partial charge in [0, 0.05) is 5.33 Å². The third-order valence-electron chi connectivity index (χ3n) is 1.60. The number of halogens is 1. The zero-order valence-electron chi connectivity index (χ0n) is 7.32. The topological polar surface area (TPSA) is 29.5 Å². The van der Waals surface area contributed by atoms with Crippen LogP contribution in [0.4, 0.5) is 0 Å². The Kier molecular flexibility index (Phi) is 5.05. The molecule has 1 aromatic carbocycles. The summed E-state index contributed by atoms with van der Waals surface area (Å²) in [5, 5.41) is 9.72. The highest BCUT2D eigenvalue weighted by Crippen LogP contribution is 2.01. The largest absolute Gasteiger partial charge is 0.390 e. The van der Waals surface area contributed by atoms with Crippen molar-refractivity contribution in [3.63, 3.8) is 0 Å². The van der Waals surface area contributed by atoms with Crippen molar-refractivity contribution < 1.29 is 9.84 Å². The summed E-state index contributed by atoms with van der Waals surface area (Å²) in [6.07, 6.45) is -0.413. The van der Waals surface area contributed by atoms with E-state index >= 15 is 0 Å². The molecular weight excluding hydrogens is 232 g/mol. The zero-order valence-corrected chi connectivity index (χ0v) is 8.90. The van der Waals surface area contributed by atoms with Gasteiger partial charge in [-0.25, -0.2) is 0 Å². The number of aliphatic hydroxyl groups is 1. The number of hydrogen-bond donors (Lipinski definition) is 1. The Hall–Kier alpha value is -0.380. The van der Waals surface area contributed by atoms with Crippen molar-refractivity contribution >= 4 is 15.9 Å². The monoisotopic (exact) mass is 244 g/mol. The van der Waals surface area contributed by atoms with Crippen LogP contribution in [0.1, 0.15) is 5.56 Å². The van der Waals surface area contributed by atoms with Gasteiger partial charge in [-0.2, -0.15) is 0 Å². The zero-order chi connectivity index (χ0) is 9.52. The Morgan fingerprint density at radius 3 is 2.62 bits per heavy atom. The Bertz CT molecular complexity index is 226. The van der Waals surface area contributed by atoms with Crippen molar-refractivity contribution in [2.45, 2.75) is 12.7 Å². The van der Waals surface area contributed by atoms with Gasteiger partial charge in [-0.15, -0.1) is 0 Å². The van der Waals surface area contributed by atoms with Crippen LogP contribution >= 0.6 is 15.9 Å². The highest BCUT2D eigenvalue weighted by molar-refractivity contribution is 9.09. The van der Waals surface area contributed by atoms with Gasteiger partial charge in [0.25, 0.3) is 0 Å². The molecule has 0 saturated carbocycles. The maximum absolute atomic E-state index is 9.16. The van der Waals surface area contributed by atoms with E-state index in [-0.39, 0.29) is 0 Å². The van der Waals surface area contributed by atoms with Gasteiger partial charge < -0.3 is 9.84 Å². The fourth-order valence-corrected chi connectivity index (χ4v) is 1.12. The number of benzene rings is 1. The van der Waals surface area contributed by atoms with E-state index in [1.165, 1.54) is 0 Å². The second kappa shape index (κ2) is 6.13. The fourth-order valence-electron chi connectivity index (χ4n) is 0.932. The fraction of sp³-hybridized carbons (Fsp3) is 0.400. The summed E-state index contributed by atoms with van der Waals surface area (Å²) >= 11 is 3.17. The smallest absolute Gasteiger partial charge is 0.0870 e. The summed E-state index contributed by atoms with van der Waals surface area (Å²) in [4.78, 5) is 0. The molecule has 0 fully saturated rings. The highest BCUT2D eigenvalue weighted by atomic mass is 79.9. The lowest BCUT2D eigenvalue weighted by Gasteiger charge is -2.07. The average molecular weight is 245 g/mol. The minimum Gasteiger partial charge on any atom is -0.390 e. The first-order valence-electron chi connectivity index (χ1n) is 4.18. The molecule has 72 valence electrons. The lowest BCUT2D eigenvalue weighted by molar-refractivity contribution is 0.0403. The quantitative estimate of drug-likeness (QED) is 0.803. The van der Waals surface area contributed by atoms with Crippen molar-refractivity contribution in [2.24, 2.45) is 0 Å². The van der Waals surface area contributed by atoms with Crippen molar-refractivity contribution in [1.82, 2.24) is 0 Å². The van der Waals surface area contributed by atoms with Crippen LogP contribution in [0.15, 0.2) is 30.3 Å². The minimum atomic E-state index is -0.413. The molecule has 0 unspecified atom stereocenters. The molecule has 0 aromatic heterocycles. The van der Waals surface area contributed by atoms with E-state index in [1.807, 2.05) is 30.3 Å². The predicted octanol–water partition coefficient (Wildman–Crippen LogP) is 1.96. The molecule has 13 heavy (non-hydrogen) atoms. The van der Waals surface area contributed by atoms with Crippen LogP contribution in [0.3, 0.4) is 0 Å². The third-order valence-corrected chi connectivity index (χ3v) is 2.35. The maximum atomic E-state index is 9.16. The number of aliphatic hydroxyl groups excluding tert-OH is 1.